The molecule has 35 heavy (non-hydrogen) atoms. The maximum atomic E-state index is 14.6. The molecule has 1 saturated heterocycles. The maximum absolute atomic E-state index is 14.6. The molecule has 1 aromatic carbocycles. The number of carbonyl (C=O) groups excluding carboxylic acids is 1. The van der Waals surface area contributed by atoms with Gasteiger partial charge in [-0.1, -0.05) is 6.92 Å². The molecule has 184 valence electrons. The van der Waals surface area contributed by atoms with Crippen LogP contribution in [0.25, 0.3) is 5.69 Å². The van der Waals surface area contributed by atoms with Crippen LogP contribution in [0, 0.1) is 5.82 Å². The quantitative estimate of drug-likeness (QED) is 0.499. The van der Waals surface area contributed by atoms with Gasteiger partial charge in [0.2, 0.25) is 5.95 Å². The molecular weight excluding hydrogens is 467 g/mol. The Balaban J connectivity index is 1.29. The smallest absolute Gasteiger partial charge is 0.274 e. The van der Waals surface area contributed by atoms with E-state index in [-0.39, 0.29) is 23.7 Å². The minimum atomic E-state index is -1.27. The molecule has 0 bridgehead atoms. The SMILES string of the molecule is CCc1cnc(N2CCC(N(C(=O)c3cn(-c4ccc(S(C)=O)cc4F)cn3)C3CC3)CC2)nc1. The van der Waals surface area contributed by atoms with Crippen LogP contribution in [0.2, 0.25) is 0 Å². The molecule has 1 amide bonds. The first-order valence-electron chi connectivity index (χ1n) is 12.0. The van der Waals surface area contributed by atoms with E-state index in [0.29, 0.717) is 10.6 Å². The molecule has 0 spiro atoms. The molecule has 8 nitrogen and oxygen atoms in total. The molecule has 0 N–H and O–H groups in total. The molecule has 1 aliphatic heterocycles. The largest absolute Gasteiger partial charge is 0.341 e. The molecule has 5 rings (SSSR count). The molecule has 0 radical (unpaired) electrons. The van der Waals surface area contributed by atoms with Crippen molar-refractivity contribution < 1.29 is 13.4 Å². The average molecular weight is 497 g/mol. The number of aryl methyl sites for hydroxylation is 1. The Morgan fingerprint density at radius 2 is 1.80 bits per heavy atom. The molecule has 3 aromatic rings. The molecular formula is C25H29FN6O2S. The highest BCUT2D eigenvalue weighted by atomic mass is 32.2. The first-order chi connectivity index (χ1) is 16.9. The first kappa shape index (κ1) is 23.6. The van der Waals surface area contributed by atoms with Crippen molar-refractivity contribution in [3.8, 4) is 5.69 Å². The summed E-state index contributed by atoms with van der Waals surface area (Å²) in [6, 6.07) is 4.81. The van der Waals surface area contributed by atoms with Gasteiger partial charge in [0.15, 0.2) is 0 Å². The van der Waals surface area contributed by atoms with Crippen molar-refractivity contribution in [2.24, 2.45) is 0 Å². The van der Waals surface area contributed by atoms with Gasteiger partial charge in [0, 0.05) is 65.7 Å². The molecule has 1 saturated carbocycles. The van der Waals surface area contributed by atoms with Gasteiger partial charge in [-0.25, -0.2) is 19.3 Å². The maximum Gasteiger partial charge on any atom is 0.274 e. The topological polar surface area (TPSA) is 84.2 Å². The van der Waals surface area contributed by atoms with E-state index in [4.69, 9.17) is 0 Å². The Hall–Kier alpha value is -3.14. The zero-order chi connectivity index (χ0) is 24.5. The van der Waals surface area contributed by atoms with Gasteiger partial charge in [-0.3, -0.25) is 9.00 Å². The summed E-state index contributed by atoms with van der Waals surface area (Å²) >= 11 is 0. The third kappa shape index (κ3) is 4.98. The Kier molecular flexibility index (Phi) is 6.64. The number of imidazole rings is 1. The van der Waals surface area contributed by atoms with Gasteiger partial charge in [0.05, 0.1) is 5.69 Å². The van der Waals surface area contributed by atoms with E-state index in [2.05, 4.69) is 26.8 Å². The zero-order valence-electron chi connectivity index (χ0n) is 19.9. The Morgan fingerprint density at radius 3 is 2.40 bits per heavy atom. The summed E-state index contributed by atoms with van der Waals surface area (Å²) in [5.41, 5.74) is 1.69. The van der Waals surface area contributed by atoms with E-state index in [0.717, 1.165) is 56.7 Å². The van der Waals surface area contributed by atoms with Crippen LogP contribution >= 0.6 is 0 Å². The molecule has 1 atom stereocenters. The van der Waals surface area contributed by atoms with Gasteiger partial charge in [-0.2, -0.15) is 0 Å². The predicted molar refractivity (Wildman–Crippen MR) is 132 cm³/mol. The van der Waals surface area contributed by atoms with Crippen LogP contribution < -0.4 is 4.90 Å². The van der Waals surface area contributed by atoms with Crippen molar-refractivity contribution in [3.05, 3.63) is 60.2 Å². The summed E-state index contributed by atoms with van der Waals surface area (Å²) in [6.45, 7) is 3.66. The predicted octanol–water partition coefficient (Wildman–Crippen LogP) is 3.37. The monoisotopic (exact) mass is 496 g/mol. The highest BCUT2D eigenvalue weighted by molar-refractivity contribution is 7.84. The lowest BCUT2D eigenvalue weighted by Crippen LogP contribution is -2.49. The van der Waals surface area contributed by atoms with Gasteiger partial charge in [0.1, 0.15) is 17.8 Å². The molecule has 3 heterocycles. The van der Waals surface area contributed by atoms with Crippen molar-refractivity contribution in [1.29, 1.82) is 0 Å². The summed E-state index contributed by atoms with van der Waals surface area (Å²) in [5, 5.41) is 0. The number of hydrogen-bond donors (Lipinski definition) is 0. The van der Waals surface area contributed by atoms with Crippen LogP contribution in [0.1, 0.15) is 48.7 Å². The third-order valence-corrected chi connectivity index (χ3v) is 7.66. The van der Waals surface area contributed by atoms with Crippen molar-refractivity contribution in [2.75, 3.05) is 24.2 Å². The lowest BCUT2D eigenvalue weighted by molar-refractivity contribution is 0.0624. The van der Waals surface area contributed by atoms with Crippen molar-refractivity contribution in [1.82, 2.24) is 24.4 Å². The van der Waals surface area contributed by atoms with E-state index in [1.54, 1.807) is 18.3 Å². The Morgan fingerprint density at radius 1 is 1.11 bits per heavy atom. The summed E-state index contributed by atoms with van der Waals surface area (Å²) < 4.78 is 27.8. The number of anilines is 1. The van der Waals surface area contributed by atoms with Gasteiger partial charge in [-0.15, -0.1) is 0 Å². The van der Waals surface area contributed by atoms with E-state index in [1.807, 2.05) is 17.3 Å². The summed E-state index contributed by atoms with van der Waals surface area (Å²) in [4.78, 5) is 31.4. The van der Waals surface area contributed by atoms with Crippen LogP contribution in [-0.2, 0) is 17.2 Å². The normalized spacial score (nSPS) is 17.4. The molecule has 2 aliphatic rings. The molecule has 2 aromatic heterocycles. The van der Waals surface area contributed by atoms with Crippen molar-refractivity contribution in [3.63, 3.8) is 0 Å². The number of hydrogen-bond acceptors (Lipinski definition) is 6. The third-order valence-electron chi connectivity index (χ3n) is 6.75. The lowest BCUT2D eigenvalue weighted by Gasteiger charge is -2.38. The number of halogens is 1. The number of carbonyl (C=O) groups is 1. The molecule has 1 aliphatic carbocycles. The van der Waals surface area contributed by atoms with E-state index >= 15 is 0 Å². The van der Waals surface area contributed by atoms with Crippen molar-refractivity contribution >= 4 is 22.7 Å². The van der Waals surface area contributed by atoms with Gasteiger partial charge in [0.25, 0.3) is 5.91 Å². The first-order valence-corrected chi connectivity index (χ1v) is 13.6. The second-order valence-electron chi connectivity index (χ2n) is 9.14. The Bertz CT molecular complexity index is 1240. The minimum absolute atomic E-state index is 0.111. The fourth-order valence-electron chi connectivity index (χ4n) is 4.59. The number of piperidine rings is 1. The van der Waals surface area contributed by atoms with Crippen LogP contribution in [0.15, 0.2) is 48.0 Å². The van der Waals surface area contributed by atoms with Crippen LogP contribution in [0.3, 0.4) is 0 Å². The van der Waals surface area contributed by atoms with Gasteiger partial charge >= 0.3 is 0 Å². The second-order valence-corrected chi connectivity index (χ2v) is 10.5. The minimum Gasteiger partial charge on any atom is -0.341 e. The van der Waals surface area contributed by atoms with E-state index in [9.17, 15) is 13.4 Å². The summed E-state index contributed by atoms with van der Waals surface area (Å²) in [7, 11) is -1.27. The van der Waals surface area contributed by atoms with Gasteiger partial charge in [-0.05, 0) is 55.9 Å². The van der Waals surface area contributed by atoms with E-state index < -0.39 is 16.6 Å². The highest BCUT2D eigenvalue weighted by Gasteiger charge is 2.40. The van der Waals surface area contributed by atoms with Crippen molar-refractivity contribution in [2.45, 2.75) is 56.0 Å². The average Bonchev–Trinajstić information content (AvgIpc) is 3.59. The van der Waals surface area contributed by atoms with Gasteiger partial charge < -0.3 is 14.4 Å². The van der Waals surface area contributed by atoms with E-state index in [1.165, 1.54) is 23.2 Å². The molecule has 2 fully saturated rings. The number of amides is 1. The molecule has 10 heteroatoms. The molecule has 1 unspecified atom stereocenters. The summed E-state index contributed by atoms with van der Waals surface area (Å²) in [5.74, 6) is 0.123. The van der Waals surface area contributed by atoms with Crippen LogP contribution in [0.5, 0.6) is 0 Å². The Labute approximate surface area is 206 Å². The number of benzene rings is 1. The standard InChI is InChI=1S/C25H29FN6O2S/c1-3-17-13-27-25(28-14-17)30-10-8-19(9-11-30)32(18-4-5-18)24(33)22-15-31(16-29-22)23-7-6-20(35(2)34)12-21(23)26/h6-7,12-16,18-19H,3-5,8-11H2,1-2H3. The summed E-state index contributed by atoms with van der Waals surface area (Å²) in [6.07, 6.45) is 12.9. The fourth-order valence-corrected chi connectivity index (χ4v) is 5.12. The van der Waals surface area contributed by atoms with Crippen LogP contribution in [0.4, 0.5) is 10.3 Å². The number of rotatable bonds is 7. The second kappa shape index (κ2) is 9.85. The number of aromatic nitrogens is 4. The fraction of sp³-hybridized carbons (Fsp3) is 0.440. The zero-order valence-corrected chi connectivity index (χ0v) is 20.7. The lowest BCUT2D eigenvalue weighted by atomic mass is 10.0. The van der Waals surface area contributed by atoms with Crippen LogP contribution in [-0.4, -0.2) is 66.0 Å². The number of nitrogens with zero attached hydrogens (tertiary/aromatic N) is 6. The highest BCUT2D eigenvalue weighted by Crippen LogP contribution is 2.33.